The summed E-state index contributed by atoms with van der Waals surface area (Å²) in [6.45, 7) is 11.0. The van der Waals surface area contributed by atoms with Gasteiger partial charge in [-0.1, -0.05) is 0 Å². The largest absolute Gasteiger partial charge is 0.380 e. The van der Waals surface area contributed by atoms with Gasteiger partial charge in [0.05, 0.1) is 6.61 Å². The summed E-state index contributed by atoms with van der Waals surface area (Å²) >= 11 is 2.03. The van der Waals surface area contributed by atoms with Crippen LogP contribution in [0, 0.1) is 0 Å². The maximum absolute atomic E-state index is 5.32. The highest BCUT2D eigenvalue weighted by atomic mass is 127. The number of guanidine groups is 1. The van der Waals surface area contributed by atoms with Crippen molar-refractivity contribution in [3.05, 3.63) is 0 Å². The van der Waals surface area contributed by atoms with Gasteiger partial charge in [-0.15, -0.1) is 24.0 Å². The van der Waals surface area contributed by atoms with E-state index in [4.69, 9.17) is 4.74 Å². The van der Waals surface area contributed by atoms with Gasteiger partial charge in [0.1, 0.15) is 0 Å². The maximum atomic E-state index is 5.32. The lowest BCUT2D eigenvalue weighted by molar-refractivity contribution is 0.151. The van der Waals surface area contributed by atoms with E-state index in [0.717, 1.165) is 38.8 Å². The van der Waals surface area contributed by atoms with Crippen molar-refractivity contribution in [3.63, 3.8) is 0 Å². The zero-order chi connectivity index (χ0) is 12.7. The van der Waals surface area contributed by atoms with Crippen LogP contribution in [0.4, 0.5) is 0 Å². The minimum atomic E-state index is 0. The highest BCUT2D eigenvalue weighted by Gasteiger charge is 2.28. The summed E-state index contributed by atoms with van der Waals surface area (Å²) in [6, 6.07) is 0. The standard InChI is InChI=1S/C12H25N3OS.HI/c1-5-16-8-6-14-11(13-4)15-7-9-17-12(2,3)10-15;/h5-10H2,1-4H3,(H,13,14);1H. The SMILES string of the molecule is CCOCCNC(=NC)N1CCSC(C)(C)C1.I. The summed E-state index contributed by atoms with van der Waals surface area (Å²) in [5.74, 6) is 2.16. The molecule has 6 heteroatoms. The smallest absolute Gasteiger partial charge is 0.193 e. The van der Waals surface area contributed by atoms with E-state index in [0.29, 0.717) is 4.75 Å². The second-order valence-corrected chi connectivity index (χ2v) is 6.50. The number of nitrogens with zero attached hydrogens (tertiary/aromatic N) is 2. The molecule has 0 aromatic heterocycles. The first-order valence-corrected chi connectivity index (χ1v) is 7.25. The van der Waals surface area contributed by atoms with Crippen LogP contribution in [-0.4, -0.2) is 61.3 Å². The molecule has 1 rings (SSSR count). The third-order valence-corrected chi connectivity index (χ3v) is 3.97. The summed E-state index contributed by atoms with van der Waals surface area (Å²) in [6.07, 6.45) is 0. The molecule has 0 saturated carbocycles. The first-order chi connectivity index (χ1) is 8.09. The molecule has 108 valence electrons. The highest BCUT2D eigenvalue weighted by Crippen LogP contribution is 2.29. The number of halogens is 1. The molecule has 0 aliphatic carbocycles. The minimum Gasteiger partial charge on any atom is -0.380 e. The zero-order valence-electron chi connectivity index (χ0n) is 11.9. The molecule has 0 aromatic carbocycles. The number of rotatable bonds is 4. The van der Waals surface area contributed by atoms with Crippen LogP contribution in [0.2, 0.25) is 0 Å². The molecule has 0 atom stereocenters. The van der Waals surface area contributed by atoms with Crippen molar-refractivity contribution in [2.45, 2.75) is 25.5 Å². The van der Waals surface area contributed by atoms with E-state index < -0.39 is 0 Å². The number of hydrogen-bond acceptors (Lipinski definition) is 3. The fourth-order valence-electron chi connectivity index (χ4n) is 1.91. The molecule has 0 bridgehead atoms. The minimum absolute atomic E-state index is 0. The number of ether oxygens (including phenoxy) is 1. The average molecular weight is 387 g/mol. The Kier molecular flexibility index (Phi) is 9.41. The number of aliphatic imine (C=N–C) groups is 1. The molecule has 1 aliphatic rings. The van der Waals surface area contributed by atoms with Gasteiger partial charge in [-0.05, 0) is 20.8 Å². The Labute approximate surface area is 132 Å². The molecule has 1 heterocycles. The zero-order valence-corrected chi connectivity index (χ0v) is 15.0. The molecule has 4 nitrogen and oxygen atoms in total. The van der Waals surface area contributed by atoms with E-state index in [1.165, 1.54) is 5.75 Å². The molecule has 0 radical (unpaired) electrons. The Morgan fingerprint density at radius 1 is 1.50 bits per heavy atom. The Morgan fingerprint density at radius 2 is 2.22 bits per heavy atom. The molecule has 0 unspecified atom stereocenters. The monoisotopic (exact) mass is 387 g/mol. The second kappa shape index (κ2) is 9.25. The summed E-state index contributed by atoms with van der Waals surface area (Å²) in [7, 11) is 1.84. The van der Waals surface area contributed by atoms with Crippen LogP contribution in [0.25, 0.3) is 0 Å². The molecule has 1 aliphatic heterocycles. The van der Waals surface area contributed by atoms with Gasteiger partial charge in [-0.25, -0.2) is 0 Å². The molecule has 18 heavy (non-hydrogen) atoms. The van der Waals surface area contributed by atoms with Crippen molar-refractivity contribution >= 4 is 41.7 Å². The van der Waals surface area contributed by atoms with E-state index in [-0.39, 0.29) is 24.0 Å². The number of hydrogen-bond donors (Lipinski definition) is 1. The van der Waals surface area contributed by atoms with E-state index in [1.807, 2.05) is 25.7 Å². The Morgan fingerprint density at radius 3 is 2.78 bits per heavy atom. The summed E-state index contributed by atoms with van der Waals surface area (Å²) in [5, 5.41) is 3.35. The predicted molar refractivity (Wildman–Crippen MR) is 91.4 cm³/mol. The fraction of sp³-hybridized carbons (Fsp3) is 0.917. The van der Waals surface area contributed by atoms with Crippen molar-refractivity contribution in [1.82, 2.24) is 10.2 Å². The van der Waals surface area contributed by atoms with Crippen molar-refractivity contribution in [2.24, 2.45) is 4.99 Å². The summed E-state index contributed by atoms with van der Waals surface area (Å²) in [5.41, 5.74) is 0. The van der Waals surface area contributed by atoms with Gasteiger partial charge in [-0.2, -0.15) is 11.8 Å². The van der Waals surface area contributed by atoms with Crippen LogP contribution in [0.15, 0.2) is 4.99 Å². The third-order valence-electron chi connectivity index (χ3n) is 2.67. The molecule has 0 spiro atoms. The van der Waals surface area contributed by atoms with Crippen LogP contribution < -0.4 is 5.32 Å². The number of nitrogens with one attached hydrogen (secondary N) is 1. The maximum Gasteiger partial charge on any atom is 0.193 e. The lowest BCUT2D eigenvalue weighted by Gasteiger charge is -2.39. The van der Waals surface area contributed by atoms with Gasteiger partial charge in [0, 0.05) is 43.8 Å². The number of thioether (sulfide) groups is 1. The summed E-state index contributed by atoms with van der Waals surface area (Å²) in [4.78, 5) is 6.68. The molecule has 1 saturated heterocycles. The Hall–Kier alpha value is 0.310. The Bertz CT molecular complexity index is 262. The van der Waals surface area contributed by atoms with Gasteiger partial charge >= 0.3 is 0 Å². The first kappa shape index (κ1) is 18.3. The lowest BCUT2D eigenvalue weighted by atomic mass is 10.2. The highest BCUT2D eigenvalue weighted by molar-refractivity contribution is 14.0. The van der Waals surface area contributed by atoms with Crippen LogP contribution in [0.3, 0.4) is 0 Å². The van der Waals surface area contributed by atoms with Gasteiger partial charge in [0.25, 0.3) is 0 Å². The molecule has 1 N–H and O–H groups in total. The van der Waals surface area contributed by atoms with E-state index in [1.54, 1.807) is 0 Å². The van der Waals surface area contributed by atoms with Crippen molar-refractivity contribution in [2.75, 3.05) is 45.6 Å². The topological polar surface area (TPSA) is 36.9 Å². The van der Waals surface area contributed by atoms with Crippen molar-refractivity contribution in [3.8, 4) is 0 Å². The van der Waals surface area contributed by atoms with Crippen molar-refractivity contribution in [1.29, 1.82) is 0 Å². The van der Waals surface area contributed by atoms with E-state index in [2.05, 4.69) is 29.1 Å². The lowest BCUT2D eigenvalue weighted by Crippen LogP contribution is -2.51. The first-order valence-electron chi connectivity index (χ1n) is 6.26. The molecule has 0 amide bonds. The van der Waals surface area contributed by atoms with Crippen molar-refractivity contribution < 1.29 is 4.74 Å². The quantitative estimate of drug-likeness (QED) is 0.347. The Balaban J connectivity index is 0.00000289. The van der Waals surface area contributed by atoms with Crippen LogP contribution in [-0.2, 0) is 4.74 Å². The van der Waals surface area contributed by atoms with Crippen LogP contribution in [0.1, 0.15) is 20.8 Å². The van der Waals surface area contributed by atoms with Gasteiger partial charge in [-0.3, -0.25) is 4.99 Å². The normalized spacial score (nSPS) is 19.3. The molecular weight excluding hydrogens is 361 g/mol. The van der Waals surface area contributed by atoms with Crippen LogP contribution >= 0.6 is 35.7 Å². The van der Waals surface area contributed by atoms with Gasteiger partial charge in [0.15, 0.2) is 5.96 Å². The predicted octanol–water partition coefficient (Wildman–Crippen LogP) is 2.04. The molecule has 0 aromatic rings. The van der Waals surface area contributed by atoms with E-state index >= 15 is 0 Å². The second-order valence-electron chi connectivity index (χ2n) is 4.70. The average Bonchev–Trinajstić information content (AvgIpc) is 2.28. The van der Waals surface area contributed by atoms with E-state index in [9.17, 15) is 0 Å². The summed E-state index contributed by atoms with van der Waals surface area (Å²) < 4.78 is 5.63. The molecule has 1 fully saturated rings. The molecular formula is C12H26IN3OS. The fourth-order valence-corrected chi connectivity index (χ4v) is 3.02. The van der Waals surface area contributed by atoms with Gasteiger partial charge in [0.2, 0.25) is 0 Å². The van der Waals surface area contributed by atoms with Crippen LogP contribution in [0.5, 0.6) is 0 Å². The third kappa shape index (κ3) is 6.47. The van der Waals surface area contributed by atoms with Gasteiger partial charge < -0.3 is 15.0 Å².